The smallest absolute Gasteiger partial charge is 0.301 e. The van der Waals surface area contributed by atoms with Gasteiger partial charge in [0.05, 0.1) is 11.9 Å². The lowest BCUT2D eigenvalue weighted by Gasteiger charge is -2.34. The number of hydrogen-bond donors (Lipinski definition) is 1. The van der Waals surface area contributed by atoms with Gasteiger partial charge in [-0.3, -0.25) is 9.03 Å². The third kappa shape index (κ3) is 4.59. The highest BCUT2D eigenvalue weighted by molar-refractivity contribution is 7.92. The first-order valence-electron chi connectivity index (χ1n) is 7.49. The summed E-state index contributed by atoms with van der Waals surface area (Å²) in [6.07, 6.45) is 2.43. The highest BCUT2D eigenvalue weighted by Gasteiger charge is 2.28. The summed E-state index contributed by atoms with van der Waals surface area (Å²) in [5, 5.41) is 0. The Bertz CT molecular complexity index is 754. The van der Waals surface area contributed by atoms with Crippen molar-refractivity contribution in [2.75, 3.05) is 42.6 Å². The molecule has 1 aliphatic heterocycles. The largest absolute Gasteiger partial charge is 0.381 e. The lowest BCUT2D eigenvalue weighted by Crippen LogP contribution is -2.43. The predicted octanol–water partition coefficient (Wildman–Crippen LogP) is 0.850. The molecule has 0 saturated carbocycles. The van der Waals surface area contributed by atoms with Gasteiger partial charge in [0.25, 0.3) is 0 Å². The van der Waals surface area contributed by atoms with E-state index in [0.717, 1.165) is 4.31 Å². The molecule has 1 fully saturated rings. The normalized spacial score (nSPS) is 17.0. The first kappa shape index (κ1) is 19.0. The molecule has 1 heterocycles. The van der Waals surface area contributed by atoms with Gasteiger partial charge in [0.2, 0.25) is 10.0 Å². The number of nitrogens with one attached hydrogen (secondary N) is 1. The van der Waals surface area contributed by atoms with Gasteiger partial charge in [0.1, 0.15) is 0 Å². The summed E-state index contributed by atoms with van der Waals surface area (Å²) in [5.41, 5.74) is 0.880. The molecule has 8 nitrogen and oxygen atoms in total. The average Bonchev–Trinajstić information content (AvgIpc) is 2.48. The molecule has 0 amide bonds. The van der Waals surface area contributed by atoms with E-state index in [1.54, 1.807) is 24.3 Å². The fourth-order valence-electron chi connectivity index (χ4n) is 2.51. The highest BCUT2D eigenvalue weighted by atomic mass is 32.2. The molecule has 0 bridgehead atoms. The second-order valence-electron chi connectivity index (χ2n) is 5.84. The van der Waals surface area contributed by atoms with Crippen LogP contribution in [0, 0.1) is 0 Å². The molecule has 10 heteroatoms. The van der Waals surface area contributed by atoms with Crippen LogP contribution in [0.5, 0.6) is 0 Å². The van der Waals surface area contributed by atoms with E-state index in [0.29, 0.717) is 37.4 Å². The molecule has 2 rings (SSSR count). The lowest BCUT2D eigenvalue weighted by molar-refractivity contribution is 0.0876. The Labute approximate surface area is 143 Å². The minimum Gasteiger partial charge on any atom is -0.381 e. The van der Waals surface area contributed by atoms with Crippen molar-refractivity contribution in [3.63, 3.8) is 0 Å². The average molecular weight is 377 g/mol. The van der Waals surface area contributed by atoms with Crippen LogP contribution in [0.4, 0.5) is 11.4 Å². The fourth-order valence-corrected chi connectivity index (χ4v) is 4.38. The predicted molar refractivity (Wildman–Crippen MR) is 93.8 cm³/mol. The highest BCUT2D eigenvalue weighted by Crippen LogP contribution is 2.27. The Morgan fingerprint density at radius 2 is 1.58 bits per heavy atom. The first-order chi connectivity index (χ1) is 11.1. The number of ether oxygens (including phenoxy) is 1. The van der Waals surface area contributed by atoms with Gasteiger partial charge < -0.3 is 4.74 Å². The van der Waals surface area contributed by atoms with Crippen molar-refractivity contribution >= 4 is 31.6 Å². The fraction of sp³-hybridized carbons (Fsp3) is 0.571. The van der Waals surface area contributed by atoms with Crippen LogP contribution in [0.1, 0.15) is 12.8 Å². The second kappa shape index (κ2) is 7.26. The molecular weight excluding hydrogens is 354 g/mol. The summed E-state index contributed by atoms with van der Waals surface area (Å²) in [6, 6.07) is 6.15. The van der Waals surface area contributed by atoms with Crippen LogP contribution in [-0.4, -0.2) is 60.7 Å². The van der Waals surface area contributed by atoms with E-state index >= 15 is 0 Å². The van der Waals surface area contributed by atoms with Gasteiger partial charge in [-0.15, -0.1) is 0 Å². The maximum Gasteiger partial charge on any atom is 0.301 e. The summed E-state index contributed by atoms with van der Waals surface area (Å²) >= 11 is 0. The van der Waals surface area contributed by atoms with Crippen LogP contribution in [0.2, 0.25) is 0 Å². The Morgan fingerprint density at radius 3 is 2.04 bits per heavy atom. The lowest BCUT2D eigenvalue weighted by atomic mass is 10.1. The minimum absolute atomic E-state index is 0.155. The van der Waals surface area contributed by atoms with E-state index in [9.17, 15) is 16.8 Å². The van der Waals surface area contributed by atoms with Crippen LogP contribution in [-0.2, 0) is 25.0 Å². The molecule has 1 aliphatic rings. The topological polar surface area (TPSA) is 96.0 Å². The van der Waals surface area contributed by atoms with E-state index in [1.165, 1.54) is 24.7 Å². The molecule has 0 spiro atoms. The molecule has 1 N–H and O–H groups in total. The van der Waals surface area contributed by atoms with Crippen molar-refractivity contribution in [3.8, 4) is 0 Å². The Kier molecular flexibility index (Phi) is 5.74. The van der Waals surface area contributed by atoms with Crippen LogP contribution in [0.25, 0.3) is 0 Å². The minimum atomic E-state index is -3.60. The molecule has 1 aromatic carbocycles. The Morgan fingerprint density at radius 1 is 1.04 bits per heavy atom. The zero-order valence-corrected chi connectivity index (χ0v) is 15.6. The molecule has 1 saturated heterocycles. The van der Waals surface area contributed by atoms with Gasteiger partial charge in [-0.2, -0.15) is 12.7 Å². The molecule has 24 heavy (non-hydrogen) atoms. The number of hydrogen-bond acceptors (Lipinski definition) is 5. The zero-order valence-electron chi connectivity index (χ0n) is 14.0. The number of anilines is 2. The monoisotopic (exact) mass is 377 g/mol. The third-order valence-electron chi connectivity index (χ3n) is 3.73. The molecule has 0 radical (unpaired) electrons. The van der Waals surface area contributed by atoms with Gasteiger partial charge in [-0.05, 0) is 37.1 Å². The summed E-state index contributed by atoms with van der Waals surface area (Å²) in [4.78, 5) is 0. The number of benzene rings is 1. The molecule has 1 aromatic rings. The van der Waals surface area contributed by atoms with Gasteiger partial charge in [0, 0.05) is 39.0 Å². The van der Waals surface area contributed by atoms with E-state index < -0.39 is 20.2 Å². The first-order valence-corrected chi connectivity index (χ1v) is 10.8. The molecule has 0 atom stereocenters. The summed E-state index contributed by atoms with van der Waals surface area (Å²) in [6.45, 7) is 1.05. The summed E-state index contributed by atoms with van der Waals surface area (Å²) in [7, 11) is -4.20. The van der Waals surface area contributed by atoms with Crippen molar-refractivity contribution in [3.05, 3.63) is 24.3 Å². The van der Waals surface area contributed by atoms with Gasteiger partial charge in [-0.25, -0.2) is 8.42 Å². The van der Waals surface area contributed by atoms with E-state index in [2.05, 4.69) is 4.72 Å². The van der Waals surface area contributed by atoms with E-state index in [4.69, 9.17) is 4.74 Å². The maximum absolute atomic E-state index is 12.2. The molecule has 136 valence electrons. The van der Waals surface area contributed by atoms with Crippen LogP contribution < -0.4 is 9.03 Å². The van der Waals surface area contributed by atoms with Crippen molar-refractivity contribution in [1.82, 2.24) is 4.31 Å². The van der Waals surface area contributed by atoms with Crippen LogP contribution >= 0.6 is 0 Å². The quantitative estimate of drug-likeness (QED) is 0.793. The molecule has 0 aliphatic carbocycles. The summed E-state index contributed by atoms with van der Waals surface area (Å²) < 4.78 is 58.2. The van der Waals surface area contributed by atoms with Crippen molar-refractivity contribution in [2.24, 2.45) is 0 Å². The summed E-state index contributed by atoms with van der Waals surface area (Å²) in [5.74, 6) is 0. The molecule has 0 aromatic heterocycles. The van der Waals surface area contributed by atoms with Crippen LogP contribution in [0.3, 0.4) is 0 Å². The number of nitrogens with zero attached hydrogens (tertiary/aromatic N) is 2. The van der Waals surface area contributed by atoms with E-state index in [1.807, 2.05) is 0 Å². The second-order valence-corrected chi connectivity index (χ2v) is 9.58. The van der Waals surface area contributed by atoms with Crippen molar-refractivity contribution in [1.29, 1.82) is 0 Å². The number of sulfonamides is 1. The SMILES string of the molecule is CN(C)S(=O)(=O)Nc1ccc(N(C2CCOCC2)S(C)(=O)=O)cc1. The van der Waals surface area contributed by atoms with Gasteiger partial charge >= 0.3 is 10.2 Å². The Balaban J connectivity index is 2.26. The Hall–Kier alpha value is -1.36. The van der Waals surface area contributed by atoms with Gasteiger partial charge in [-0.1, -0.05) is 0 Å². The van der Waals surface area contributed by atoms with E-state index in [-0.39, 0.29) is 6.04 Å². The van der Waals surface area contributed by atoms with Gasteiger partial charge in [0.15, 0.2) is 0 Å². The maximum atomic E-state index is 12.2. The van der Waals surface area contributed by atoms with Crippen LogP contribution in [0.15, 0.2) is 24.3 Å². The standard InChI is InChI=1S/C14H23N3O5S2/c1-16(2)24(20,21)15-12-4-6-13(7-5-12)17(23(3,18)19)14-8-10-22-11-9-14/h4-7,14-15H,8-11H2,1-3H3. The van der Waals surface area contributed by atoms with Crippen molar-refractivity contribution in [2.45, 2.75) is 18.9 Å². The zero-order chi connectivity index (χ0) is 18.0. The third-order valence-corrected chi connectivity index (χ3v) is 6.41. The molecule has 0 unspecified atom stereocenters. The molecular formula is C14H23N3O5S2. The number of rotatable bonds is 6. The van der Waals surface area contributed by atoms with Crippen molar-refractivity contribution < 1.29 is 21.6 Å².